The van der Waals surface area contributed by atoms with Gasteiger partial charge in [0.2, 0.25) is 0 Å². The van der Waals surface area contributed by atoms with Gasteiger partial charge in [-0.05, 0) is 32.9 Å². The van der Waals surface area contributed by atoms with Gasteiger partial charge in [0.25, 0.3) is 0 Å². The second-order valence-corrected chi connectivity index (χ2v) is 6.64. The van der Waals surface area contributed by atoms with Gasteiger partial charge in [-0.3, -0.25) is 0 Å². The summed E-state index contributed by atoms with van der Waals surface area (Å²) in [4.78, 5) is 14.0. The number of fused-ring (bicyclic) bond motifs is 1. The van der Waals surface area contributed by atoms with Crippen molar-refractivity contribution >= 4 is 11.8 Å². The molecule has 23 heavy (non-hydrogen) atoms. The summed E-state index contributed by atoms with van der Waals surface area (Å²) in [6.45, 7) is 7.16. The van der Waals surface area contributed by atoms with E-state index in [2.05, 4.69) is 10.3 Å². The predicted molar refractivity (Wildman–Crippen MR) is 86.5 cm³/mol. The van der Waals surface area contributed by atoms with E-state index in [9.17, 15) is 4.79 Å². The molecule has 0 bridgehead atoms. The molecule has 0 aliphatic carbocycles. The quantitative estimate of drug-likeness (QED) is 0.816. The molecule has 2 aromatic rings. The molecule has 0 saturated heterocycles. The third-order valence-corrected chi connectivity index (χ3v) is 3.57. The van der Waals surface area contributed by atoms with Gasteiger partial charge in [-0.2, -0.15) is 0 Å². The number of nitrogen functional groups attached to an aromatic ring is 1. The molecule has 0 saturated carbocycles. The molecule has 1 aliphatic heterocycles. The van der Waals surface area contributed by atoms with E-state index in [1.54, 1.807) is 4.90 Å². The summed E-state index contributed by atoms with van der Waals surface area (Å²) in [7, 11) is 0. The van der Waals surface area contributed by atoms with Crippen LogP contribution in [0.1, 0.15) is 26.5 Å². The van der Waals surface area contributed by atoms with Crippen molar-refractivity contribution in [1.29, 1.82) is 0 Å². The average Bonchev–Trinajstić information content (AvgIpc) is 2.88. The molecular formula is C16H21N5O2. The lowest BCUT2D eigenvalue weighted by atomic mass is 10.1. The summed E-state index contributed by atoms with van der Waals surface area (Å²) >= 11 is 0. The van der Waals surface area contributed by atoms with E-state index < -0.39 is 5.60 Å². The molecule has 0 spiro atoms. The molecule has 1 aliphatic rings. The van der Waals surface area contributed by atoms with Gasteiger partial charge in [0.05, 0.1) is 18.8 Å². The van der Waals surface area contributed by atoms with Gasteiger partial charge < -0.3 is 15.4 Å². The van der Waals surface area contributed by atoms with Crippen molar-refractivity contribution in [2.24, 2.45) is 0 Å². The number of nitrogens with two attached hydrogens (primary N) is 1. The van der Waals surface area contributed by atoms with Crippen LogP contribution in [0.2, 0.25) is 0 Å². The number of nitrogens with zero attached hydrogens (tertiary/aromatic N) is 4. The molecule has 0 fully saturated rings. The maximum atomic E-state index is 12.3. The van der Waals surface area contributed by atoms with Crippen LogP contribution in [-0.2, 0) is 17.8 Å². The summed E-state index contributed by atoms with van der Waals surface area (Å²) in [5, 5.41) is 8.43. The molecule has 0 radical (unpaired) electrons. The Morgan fingerprint density at radius 2 is 2.09 bits per heavy atom. The summed E-state index contributed by atoms with van der Waals surface area (Å²) in [5.74, 6) is 0. The topological polar surface area (TPSA) is 86.3 Å². The maximum Gasteiger partial charge on any atom is 0.410 e. The molecule has 7 nitrogen and oxygen atoms in total. The molecule has 1 aromatic carbocycles. The van der Waals surface area contributed by atoms with E-state index in [4.69, 9.17) is 10.5 Å². The first-order valence-electron chi connectivity index (χ1n) is 7.60. The van der Waals surface area contributed by atoms with Crippen LogP contribution in [0.5, 0.6) is 0 Å². The highest BCUT2D eigenvalue weighted by molar-refractivity contribution is 5.70. The zero-order valence-corrected chi connectivity index (χ0v) is 13.6. The van der Waals surface area contributed by atoms with Crippen LogP contribution < -0.4 is 5.73 Å². The van der Waals surface area contributed by atoms with Gasteiger partial charge >= 0.3 is 6.09 Å². The minimum atomic E-state index is -0.510. The molecule has 1 amide bonds. The molecule has 7 heteroatoms. The lowest BCUT2D eigenvalue weighted by Crippen LogP contribution is -2.41. The second kappa shape index (κ2) is 5.57. The Balaban J connectivity index is 1.86. The van der Waals surface area contributed by atoms with E-state index >= 15 is 0 Å². The van der Waals surface area contributed by atoms with Crippen molar-refractivity contribution in [2.75, 3.05) is 12.3 Å². The third kappa shape index (κ3) is 3.28. The highest BCUT2D eigenvalue weighted by atomic mass is 16.6. The fourth-order valence-electron chi connectivity index (χ4n) is 2.54. The minimum absolute atomic E-state index is 0.316. The van der Waals surface area contributed by atoms with Crippen molar-refractivity contribution in [1.82, 2.24) is 19.9 Å². The summed E-state index contributed by atoms with van der Waals surface area (Å²) in [5.41, 5.74) is 8.56. The monoisotopic (exact) mass is 315 g/mol. The highest BCUT2D eigenvalue weighted by Crippen LogP contribution is 2.26. The van der Waals surface area contributed by atoms with Crippen molar-refractivity contribution < 1.29 is 9.53 Å². The van der Waals surface area contributed by atoms with E-state index in [0.29, 0.717) is 25.3 Å². The van der Waals surface area contributed by atoms with Crippen molar-refractivity contribution in [3.05, 3.63) is 30.0 Å². The first kappa shape index (κ1) is 15.3. The molecular weight excluding hydrogens is 294 g/mol. The molecule has 0 unspecified atom stereocenters. The minimum Gasteiger partial charge on any atom is -0.444 e. The Morgan fingerprint density at radius 1 is 1.30 bits per heavy atom. The van der Waals surface area contributed by atoms with Crippen LogP contribution in [0.15, 0.2) is 24.3 Å². The zero-order chi connectivity index (χ0) is 16.6. The molecule has 1 aromatic heterocycles. The van der Waals surface area contributed by atoms with E-state index in [1.807, 2.05) is 49.7 Å². The zero-order valence-electron chi connectivity index (χ0n) is 13.6. The van der Waals surface area contributed by atoms with Crippen molar-refractivity contribution in [2.45, 2.75) is 39.5 Å². The first-order chi connectivity index (χ1) is 10.8. The van der Waals surface area contributed by atoms with Gasteiger partial charge in [-0.15, -0.1) is 5.10 Å². The smallest absolute Gasteiger partial charge is 0.410 e. The van der Waals surface area contributed by atoms with Gasteiger partial charge in [-0.1, -0.05) is 17.3 Å². The number of benzene rings is 1. The van der Waals surface area contributed by atoms with Gasteiger partial charge in [0.15, 0.2) is 0 Å². The largest absolute Gasteiger partial charge is 0.444 e. The van der Waals surface area contributed by atoms with Crippen LogP contribution in [0.3, 0.4) is 0 Å². The maximum absolute atomic E-state index is 12.3. The Kier molecular flexibility index (Phi) is 3.71. The van der Waals surface area contributed by atoms with Crippen molar-refractivity contribution in [3.8, 4) is 11.3 Å². The number of aromatic nitrogens is 3. The third-order valence-electron chi connectivity index (χ3n) is 3.57. The van der Waals surface area contributed by atoms with Crippen LogP contribution >= 0.6 is 0 Å². The number of rotatable bonds is 1. The fourth-order valence-corrected chi connectivity index (χ4v) is 2.54. The van der Waals surface area contributed by atoms with Crippen LogP contribution in [0.4, 0.5) is 10.5 Å². The molecule has 2 heterocycles. The van der Waals surface area contributed by atoms with Gasteiger partial charge in [0.1, 0.15) is 11.3 Å². The normalized spacial score (nSPS) is 14.5. The Bertz CT molecular complexity index is 732. The number of carbonyl (C=O) groups excluding carboxylic acids is 1. The van der Waals surface area contributed by atoms with Crippen molar-refractivity contribution in [3.63, 3.8) is 0 Å². The average molecular weight is 315 g/mol. The highest BCUT2D eigenvalue weighted by Gasteiger charge is 2.28. The van der Waals surface area contributed by atoms with E-state index in [-0.39, 0.29) is 6.09 Å². The molecule has 3 rings (SSSR count). The fraction of sp³-hybridized carbons (Fsp3) is 0.438. The second-order valence-electron chi connectivity index (χ2n) is 6.64. The first-order valence-corrected chi connectivity index (χ1v) is 7.60. The Labute approximate surface area is 135 Å². The van der Waals surface area contributed by atoms with Gasteiger partial charge in [-0.25, -0.2) is 9.48 Å². The number of ether oxygens (including phenoxy) is 1. The number of anilines is 1. The number of hydrogen-bond donors (Lipinski definition) is 1. The lowest BCUT2D eigenvalue weighted by Gasteiger charge is -2.30. The standard InChI is InChI=1S/C16H21N5O2/c1-16(2,3)23-15(22)20-7-8-21-13(10-20)14(18-19-21)11-5-4-6-12(17)9-11/h4-6,9H,7-8,10,17H2,1-3H3. The summed E-state index contributed by atoms with van der Waals surface area (Å²) in [6, 6.07) is 7.50. The number of carbonyl (C=O) groups is 1. The summed E-state index contributed by atoms with van der Waals surface area (Å²) in [6.07, 6.45) is -0.316. The van der Waals surface area contributed by atoms with E-state index in [1.165, 1.54) is 0 Å². The molecule has 2 N–H and O–H groups in total. The number of amides is 1. The lowest BCUT2D eigenvalue weighted by molar-refractivity contribution is 0.0194. The van der Waals surface area contributed by atoms with Gasteiger partial charge in [0, 0.05) is 17.8 Å². The Hall–Kier alpha value is -2.57. The van der Waals surface area contributed by atoms with Crippen LogP contribution in [0.25, 0.3) is 11.3 Å². The van der Waals surface area contributed by atoms with E-state index in [0.717, 1.165) is 17.0 Å². The van der Waals surface area contributed by atoms with Crippen LogP contribution in [-0.4, -0.2) is 38.1 Å². The van der Waals surface area contributed by atoms with Crippen LogP contribution in [0, 0.1) is 0 Å². The number of hydrogen-bond acceptors (Lipinski definition) is 5. The summed E-state index contributed by atoms with van der Waals surface area (Å²) < 4.78 is 7.28. The Morgan fingerprint density at radius 3 is 2.78 bits per heavy atom. The molecule has 0 atom stereocenters. The molecule has 122 valence electrons. The SMILES string of the molecule is CC(C)(C)OC(=O)N1CCn2nnc(-c3cccc(N)c3)c2C1. The predicted octanol–water partition coefficient (Wildman–Crippen LogP) is 2.28.